The molecule has 0 spiro atoms. The highest BCUT2D eigenvalue weighted by atomic mass is 32.2. The highest BCUT2D eigenvalue weighted by Gasteiger charge is 2.41. The number of hydrogen-bond acceptors (Lipinski definition) is 7. The van der Waals surface area contributed by atoms with Crippen molar-refractivity contribution in [2.75, 3.05) is 44.2 Å². The molecule has 3 aromatic heterocycles. The number of nitrogens with one attached hydrogen (secondary N) is 1. The van der Waals surface area contributed by atoms with Crippen molar-refractivity contribution in [2.45, 2.75) is 58.8 Å². The van der Waals surface area contributed by atoms with Crippen LogP contribution in [0.25, 0.3) is 33.3 Å². The molecule has 2 aliphatic heterocycles. The smallest absolute Gasteiger partial charge is 0.410 e. The lowest BCUT2D eigenvalue weighted by Crippen LogP contribution is -2.51. The van der Waals surface area contributed by atoms with Crippen LogP contribution >= 0.6 is 0 Å². The van der Waals surface area contributed by atoms with E-state index in [4.69, 9.17) is 9.72 Å². The Labute approximate surface area is 265 Å². The summed E-state index contributed by atoms with van der Waals surface area (Å²) >= 11 is 0. The number of aromatic nitrogens is 3. The molecule has 5 heterocycles. The van der Waals surface area contributed by atoms with Gasteiger partial charge in [0, 0.05) is 84.6 Å². The summed E-state index contributed by atoms with van der Waals surface area (Å²) in [7, 11) is -3.53. The Balaban J connectivity index is 1.10. The summed E-state index contributed by atoms with van der Waals surface area (Å²) in [5.74, 6) is 0.829. The lowest BCUT2D eigenvalue weighted by molar-refractivity contribution is 0.0295. The first kappa shape index (κ1) is 31.0. The number of H-pyrrole nitrogens is 1. The number of hydrogen-bond donors (Lipinski definition) is 1. The van der Waals surface area contributed by atoms with Crippen LogP contribution in [0.15, 0.2) is 48.7 Å². The van der Waals surface area contributed by atoms with Crippen LogP contribution in [-0.4, -0.2) is 88.8 Å². The van der Waals surface area contributed by atoms with Gasteiger partial charge >= 0.3 is 6.09 Å². The van der Waals surface area contributed by atoms with E-state index in [9.17, 15) is 13.2 Å². The summed E-state index contributed by atoms with van der Waals surface area (Å²) in [5, 5.41) is 0.581. The van der Waals surface area contributed by atoms with E-state index in [1.165, 1.54) is 15.8 Å². The number of nitrogens with zero attached hydrogens (tertiary/aromatic N) is 5. The highest BCUT2D eigenvalue weighted by Crippen LogP contribution is 2.33. The predicted octanol–water partition coefficient (Wildman–Crippen LogP) is 5.68. The minimum atomic E-state index is -3.53. The van der Waals surface area contributed by atoms with E-state index >= 15 is 0 Å². The fourth-order valence-corrected chi connectivity index (χ4v) is 8.24. The number of aromatic amines is 1. The Hall–Kier alpha value is -3.96. The van der Waals surface area contributed by atoms with Gasteiger partial charge in [0.2, 0.25) is 10.0 Å². The van der Waals surface area contributed by atoms with Crippen LogP contribution in [0.3, 0.4) is 0 Å². The number of carbonyl (C=O) groups excluding carboxylic acids is 1. The second-order valence-electron chi connectivity index (χ2n) is 13.2. The molecular weight excluding hydrogens is 588 g/mol. The molecular formula is C34H42N6O4S. The Morgan fingerprint density at radius 3 is 2.24 bits per heavy atom. The van der Waals surface area contributed by atoms with Gasteiger partial charge in [0.15, 0.2) is 0 Å². The molecule has 11 heteroatoms. The first-order valence-corrected chi connectivity index (χ1v) is 17.0. The first-order chi connectivity index (χ1) is 21.3. The summed E-state index contributed by atoms with van der Waals surface area (Å²) < 4.78 is 33.8. The predicted molar refractivity (Wildman–Crippen MR) is 178 cm³/mol. The van der Waals surface area contributed by atoms with E-state index < -0.39 is 27.0 Å². The molecule has 10 nitrogen and oxygen atoms in total. The van der Waals surface area contributed by atoms with Gasteiger partial charge < -0.3 is 19.5 Å². The summed E-state index contributed by atoms with van der Waals surface area (Å²) in [4.78, 5) is 29.0. The molecule has 1 atom stereocenters. The Morgan fingerprint density at radius 1 is 0.911 bits per heavy atom. The molecule has 1 amide bonds. The largest absolute Gasteiger partial charge is 0.444 e. The molecule has 2 aliphatic rings. The quantitative estimate of drug-likeness (QED) is 0.302. The van der Waals surface area contributed by atoms with Gasteiger partial charge in [0.25, 0.3) is 0 Å². The molecule has 1 unspecified atom stereocenters. The van der Waals surface area contributed by atoms with Crippen LogP contribution in [0.4, 0.5) is 10.6 Å². The number of anilines is 1. The van der Waals surface area contributed by atoms with Crippen molar-refractivity contribution in [3.8, 4) is 22.4 Å². The number of pyridine rings is 2. The molecule has 0 bridgehead atoms. The van der Waals surface area contributed by atoms with Crippen molar-refractivity contribution in [2.24, 2.45) is 0 Å². The average molecular weight is 631 g/mol. The van der Waals surface area contributed by atoms with E-state index in [-0.39, 0.29) is 6.54 Å². The molecule has 1 aromatic carbocycles. The molecule has 0 saturated carbocycles. The molecule has 1 N–H and O–H groups in total. The number of sulfonamides is 1. The first-order valence-electron chi connectivity index (χ1n) is 15.5. The fourth-order valence-electron chi connectivity index (χ4n) is 6.37. The van der Waals surface area contributed by atoms with Crippen molar-refractivity contribution in [1.82, 2.24) is 24.2 Å². The Kier molecular flexibility index (Phi) is 8.11. The van der Waals surface area contributed by atoms with Gasteiger partial charge in [0.1, 0.15) is 11.4 Å². The van der Waals surface area contributed by atoms with E-state index in [2.05, 4.69) is 58.2 Å². The van der Waals surface area contributed by atoms with Crippen LogP contribution in [0.5, 0.6) is 0 Å². The molecule has 238 valence electrons. The van der Waals surface area contributed by atoms with Crippen molar-refractivity contribution >= 4 is 32.8 Å². The van der Waals surface area contributed by atoms with Crippen molar-refractivity contribution in [3.05, 3.63) is 65.6 Å². The number of benzene rings is 1. The lowest BCUT2D eigenvalue weighted by Gasteiger charge is -2.36. The SMILES string of the molecule is Cc1cc(-c2[nH]c3cc(-c4ccc(N5CCN(S(=O)(=O)C6CCN(C(=O)OC(C)(C)C)C6)CC5)nc4)ccc3c2C)cc(C)n1. The van der Waals surface area contributed by atoms with Crippen LogP contribution in [-0.2, 0) is 14.8 Å². The van der Waals surface area contributed by atoms with Crippen LogP contribution in [0, 0.1) is 20.8 Å². The zero-order valence-electron chi connectivity index (χ0n) is 26.9. The molecule has 0 aliphatic carbocycles. The monoisotopic (exact) mass is 630 g/mol. The standard InChI is InChI=1S/C34H42N6O4S/c1-22-17-27(18-23(2)36-22)32-24(3)29-9-7-25(19-30(29)37-32)26-8-10-31(35-20-26)38-13-15-40(16-14-38)45(42,43)28-11-12-39(21-28)33(41)44-34(4,5)6/h7-10,17-20,28,37H,11-16,21H2,1-6H3. The number of aryl methyl sites for hydroxylation is 3. The molecule has 2 saturated heterocycles. The second-order valence-corrected chi connectivity index (χ2v) is 15.4. The number of amides is 1. The zero-order valence-corrected chi connectivity index (χ0v) is 27.7. The van der Waals surface area contributed by atoms with Gasteiger partial charge in [0.05, 0.1) is 5.25 Å². The number of piperazine rings is 1. The number of fused-ring (bicyclic) bond motifs is 1. The summed E-state index contributed by atoms with van der Waals surface area (Å²) in [5.41, 5.74) is 8.01. The summed E-state index contributed by atoms with van der Waals surface area (Å²) in [6, 6.07) is 14.8. The van der Waals surface area contributed by atoms with Gasteiger partial charge in [-0.15, -0.1) is 0 Å². The Bertz CT molecular complexity index is 1820. The van der Waals surface area contributed by atoms with E-state index in [1.807, 2.05) is 26.1 Å². The molecule has 2 fully saturated rings. The van der Waals surface area contributed by atoms with Gasteiger partial charge in [-0.25, -0.2) is 18.2 Å². The summed E-state index contributed by atoms with van der Waals surface area (Å²) in [6.07, 6.45) is 1.85. The van der Waals surface area contributed by atoms with Crippen molar-refractivity contribution in [1.29, 1.82) is 0 Å². The molecule has 45 heavy (non-hydrogen) atoms. The van der Waals surface area contributed by atoms with Gasteiger partial charge in [-0.05, 0) is 89.4 Å². The third kappa shape index (κ3) is 6.41. The third-order valence-corrected chi connectivity index (χ3v) is 11.0. The summed E-state index contributed by atoms with van der Waals surface area (Å²) in [6.45, 7) is 14.0. The number of ether oxygens (including phenoxy) is 1. The number of carbonyl (C=O) groups is 1. The average Bonchev–Trinajstić information content (AvgIpc) is 3.62. The minimum absolute atomic E-state index is 0.165. The minimum Gasteiger partial charge on any atom is -0.444 e. The van der Waals surface area contributed by atoms with Gasteiger partial charge in [-0.3, -0.25) is 4.98 Å². The van der Waals surface area contributed by atoms with Gasteiger partial charge in [-0.2, -0.15) is 4.31 Å². The zero-order chi connectivity index (χ0) is 32.1. The maximum absolute atomic E-state index is 13.4. The van der Waals surface area contributed by atoms with Gasteiger partial charge in [-0.1, -0.05) is 12.1 Å². The number of rotatable bonds is 5. The van der Waals surface area contributed by atoms with Crippen molar-refractivity contribution < 1.29 is 17.9 Å². The van der Waals surface area contributed by atoms with Crippen molar-refractivity contribution in [3.63, 3.8) is 0 Å². The number of likely N-dealkylation sites (tertiary alicyclic amines) is 1. The van der Waals surface area contributed by atoms with E-state index in [0.717, 1.165) is 45.1 Å². The second kappa shape index (κ2) is 11.8. The molecule has 6 rings (SSSR count). The fraction of sp³-hybridized carbons (Fsp3) is 0.441. The third-order valence-electron chi connectivity index (χ3n) is 8.65. The maximum Gasteiger partial charge on any atom is 0.410 e. The lowest BCUT2D eigenvalue weighted by atomic mass is 10.0. The van der Waals surface area contributed by atoms with Crippen LogP contribution < -0.4 is 4.90 Å². The van der Waals surface area contributed by atoms with Crippen LogP contribution in [0.1, 0.15) is 44.1 Å². The normalized spacial score (nSPS) is 18.1. The van der Waals surface area contributed by atoms with Crippen LogP contribution in [0.2, 0.25) is 0 Å². The maximum atomic E-state index is 13.4. The topological polar surface area (TPSA) is 112 Å². The van der Waals surface area contributed by atoms with E-state index in [0.29, 0.717) is 39.1 Å². The Morgan fingerprint density at radius 2 is 1.60 bits per heavy atom. The highest BCUT2D eigenvalue weighted by molar-refractivity contribution is 7.89. The molecule has 0 radical (unpaired) electrons. The molecule has 4 aromatic rings. The van der Waals surface area contributed by atoms with E-state index in [1.54, 1.807) is 25.1 Å².